The van der Waals surface area contributed by atoms with Crippen LogP contribution in [0.4, 0.5) is 51.7 Å². The van der Waals surface area contributed by atoms with Crippen molar-refractivity contribution in [2.24, 2.45) is 0 Å². The van der Waals surface area contributed by atoms with Crippen LogP contribution in [0.1, 0.15) is 5.56 Å². The first-order chi connectivity index (χ1) is 31.8. The highest BCUT2D eigenvalue weighted by atomic mass is 19.1. The zero-order valence-corrected chi connectivity index (χ0v) is 35.1. The number of nitrogens with zero attached hydrogens (tertiary/aromatic N) is 2. The molecule has 0 heterocycles. The molecule has 0 saturated carbocycles. The molecule has 0 atom stereocenters. The van der Waals surface area contributed by atoms with E-state index in [-0.39, 0.29) is 23.3 Å². The van der Waals surface area contributed by atoms with Gasteiger partial charge in [-0.1, -0.05) is 109 Å². The Morgan fingerprint density at radius 3 is 0.754 bits per heavy atom. The Morgan fingerprint density at radius 2 is 0.508 bits per heavy atom. The molecule has 0 fully saturated rings. The first-order valence-electron chi connectivity index (χ1n) is 21.4. The van der Waals surface area contributed by atoms with Gasteiger partial charge in [0.2, 0.25) is 0 Å². The van der Waals surface area contributed by atoms with Crippen LogP contribution in [0.2, 0.25) is 0 Å². The van der Waals surface area contributed by atoms with Gasteiger partial charge in [-0.3, -0.25) is 0 Å². The minimum absolute atomic E-state index is 0.346. The summed E-state index contributed by atoms with van der Waals surface area (Å²) in [6.07, 6.45) is 0. The SMILES string of the molecule is Cc1cc(-c2c3ccccc3c(N(c3ccc(F)cc3)c3ccc(F)cc3)c3ccccc23)cc(-c2c3ccccc3c(N(c3ccc(F)cc3)c3ccc(F)cc3)c3ccccc23)c1. The van der Waals surface area contributed by atoms with Gasteiger partial charge in [-0.25, -0.2) is 17.6 Å². The summed E-state index contributed by atoms with van der Waals surface area (Å²) in [6, 6.07) is 65.7. The summed E-state index contributed by atoms with van der Waals surface area (Å²) in [5, 5.41) is 7.97. The number of anilines is 6. The van der Waals surface area contributed by atoms with Crippen molar-refractivity contribution < 1.29 is 17.6 Å². The second-order valence-electron chi connectivity index (χ2n) is 16.3. The molecule has 0 radical (unpaired) electrons. The van der Waals surface area contributed by atoms with Gasteiger partial charge in [0, 0.05) is 44.3 Å². The Labute approximate surface area is 373 Å². The third-order valence-corrected chi connectivity index (χ3v) is 12.2. The molecule has 6 heteroatoms. The van der Waals surface area contributed by atoms with E-state index in [2.05, 4.69) is 108 Å². The second-order valence-corrected chi connectivity index (χ2v) is 16.3. The molecule has 11 aromatic carbocycles. The van der Waals surface area contributed by atoms with Gasteiger partial charge in [-0.2, -0.15) is 0 Å². The first kappa shape index (κ1) is 39.6. The molecule has 0 aliphatic heterocycles. The largest absolute Gasteiger partial charge is 0.309 e. The van der Waals surface area contributed by atoms with E-state index in [9.17, 15) is 17.6 Å². The van der Waals surface area contributed by atoms with Gasteiger partial charge in [0.1, 0.15) is 23.3 Å². The Balaban J connectivity index is 1.18. The predicted molar refractivity (Wildman–Crippen MR) is 261 cm³/mol. The summed E-state index contributed by atoms with van der Waals surface area (Å²) < 4.78 is 57.8. The van der Waals surface area contributed by atoms with E-state index < -0.39 is 0 Å². The standard InChI is InChI=1S/C59H38F4N2/c1-37-34-38(56-48-10-2-6-14-52(48)58(53-15-7-3-11-49(53)56)64(44-26-18-40(60)19-27-44)45-28-20-41(61)21-29-45)36-39(35-37)57-50-12-4-8-16-54(50)59(55-17-9-5-13-51(55)57)65(46-30-22-42(62)23-31-46)47-32-24-43(63)25-33-47/h2-36H,1H3. The number of benzene rings is 11. The lowest BCUT2D eigenvalue weighted by atomic mass is 9.85. The average Bonchev–Trinajstić information content (AvgIpc) is 3.33. The van der Waals surface area contributed by atoms with Gasteiger partial charge in [-0.15, -0.1) is 0 Å². The molecule has 2 nitrogen and oxygen atoms in total. The molecule has 0 saturated heterocycles. The Morgan fingerprint density at radius 1 is 0.277 bits per heavy atom. The maximum atomic E-state index is 14.4. The van der Waals surface area contributed by atoms with E-state index in [0.717, 1.165) is 105 Å². The van der Waals surface area contributed by atoms with Crippen LogP contribution in [0.15, 0.2) is 212 Å². The molecule has 11 rings (SSSR count). The number of hydrogen-bond acceptors (Lipinski definition) is 2. The Kier molecular flexibility index (Phi) is 9.85. The first-order valence-corrected chi connectivity index (χ1v) is 21.4. The third kappa shape index (κ3) is 7.00. The van der Waals surface area contributed by atoms with Crippen LogP contribution in [0.25, 0.3) is 65.3 Å². The quantitative estimate of drug-likeness (QED) is 0.111. The van der Waals surface area contributed by atoms with Gasteiger partial charge in [0.05, 0.1) is 11.4 Å². The average molecular weight is 851 g/mol. The molecule has 0 bridgehead atoms. The van der Waals surface area contributed by atoms with Crippen LogP contribution in [-0.2, 0) is 0 Å². The highest BCUT2D eigenvalue weighted by Gasteiger charge is 2.25. The summed E-state index contributed by atoms with van der Waals surface area (Å²) in [7, 11) is 0. The number of hydrogen-bond donors (Lipinski definition) is 0. The fourth-order valence-electron chi connectivity index (χ4n) is 9.56. The summed E-state index contributed by atoms with van der Waals surface area (Å²) >= 11 is 0. The minimum atomic E-state index is -0.346. The molecule has 0 aromatic heterocycles. The molecule has 312 valence electrons. The molecule has 0 spiro atoms. The van der Waals surface area contributed by atoms with E-state index >= 15 is 0 Å². The summed E-state index contributed by atoms with van der Waals surface area (Å²) in [4.78, 5) is 4.16. The van der Waals surface area contributed by atoms with Crippen LogP contribution in [-0.4, -0.2) is 0 Å². The highest BCUT2D eigenvalue weighted by molar-refractivity contribution is 6.24. The molecule has 0 aliphatic rings. The second kappa shape index (κ2) is 16.2. The normalized spacial score (nSPS) is 11.5. The smallest absolute Gasteiger partial charge is 0.123 e. The number of aryl methyl sites for hydroxylation is 1. The fraction of sp³-hybridized carbons (Fsp3) is 0.0169. The zero-order valence-electron chi connectivity index (χ0n) is 35.1. The van der Waals surface area contributed by atoms with Crippen molar-refractivity contribution in [3.63, 3.8) is 0 Å². The summed E-state index contributed by atoms with van der Waals surface area (Å²) in [6.45, 7) is 2.13. The zero-order chi connectivity index (χ0) is 44.2. The predicted octanol–water partition coefficient (Wildman–Crippen LogP) is 17.4. The number of halogens is 4. The lowest BCUT2D eigenvalue weighted by Gasteiger charge is -2.30. The van der Waals surface area contributed by atoms with Crippen molar-refractivity contribution in [3.05, 3.63) is 241 Å². The van der Waals surface area contributed by atoms with Crippen LogP contribution < -0.4 is 9.80 Å². The van der Waals surface area contributed by atoms with Crippen LogP contribution in [0.3, 0.4) is 0 Å². The third-order valence-electron chi connectivity index (χ3n) is 12.2. The van der Waals surface area contributed by atoms with Crippen LogP contribution >= 0.6 is 0 Å². The molecule has 0 amide bonds. The van der Waals surface area contributed by atoms with Crippen molar-refractivity contribution in [2.75, 3.05) is 9.80 Å². The number of fused-ring (bicyclic) bond motifs is 4. The molecular weight excluding hydrogens is 813 g/mol. The van der Waals surface area contributed by atoms with Gasteiger partial charge < -0.3 is 9.80 Å². The van der Waals surface area contributed by atoms with Gasteiger partial charge in [0.25, 0.3) is 0 Å². The fourth-order valence-corrected chi connectivity index (χ4v) is 9.56. The van der Waals surface area contributed by atoms with Crippen LogP contribution in [0.5, 0.6) is 0 Å². The van der Waals surface area contributed by atoms with Gasteiger partial charge in [0.15, 0.2) is 0 Å². The van der Waals surface area contributed by atoms with E-state index in [1.54, 1.807) is 48.5 Å². The van der Waals surface area contributed by atoms with Crippen LogP contribution in [0, 0.1) is 30.2 Å². The van der Waals surface area contributed by atoms with Crippen molar-refractivity contribution in [1.82, 2.24) is 0 Å². The van der Waals surface area contributed by atoms with Gasteiger partial charge in [-0.05, 0) is 159 Å². The minimum Gasteiger partial charge on any atom is -0.309 e. The topological polar surface area (TPSA) is 6.48 Å². The van der Waals surface area contributed by atoms with Crippen molar-refractivity contribution in [3.8, 4) is 22.3 Å². The number of rotatable bonds is 8. The summed E-state index contributed by atoms with van der Waals surface area (Å²) in [5.41, 5.74) is 9.99. The Hall–Kier alpha value is -8.22. The monoisotopic (exact) mass is 850 g/mol. The molecular formula is C59H38F4N2. The van der Waals surface area contributed by atoms with E-state index in [1.807, 2.05) is 24.3 Å². The van der Waals surface area contributed by atoms with Gasteiger partial charge >= 0.3 is 0 Å². The van der Waals surface area contributed by atoms with E-state index in [1.165, 1.54) is 48.5 Å². The lowest BCUT2D eigenvalue weighted by Crippen LogP contribution is -2.12. The molecule has 11 aromatic rings. The highest BCUT2D eigenvalue weighted by Crippen LogP contribution is 2.51. The maximum Gasteiger partial charge on any atom is 0.123 e. The Bertz CT molecular complexity index is 3150. The van der Waals surface area contributed by atoms with Crippen molar-refractivity contribution in [2.45, 2.75) is 6.92 Å². The summed E-state index contributed by atoms with van der Waals surface area (Å²) in [5.74, 6) is -1.38. The lowest BCUT2D eigenvalue weighted by molar-refractivity contribution is 0.627. The van der Waals surface area contributed by atoms with Crippen molar-refractivity contribution in [1.29, 1.82) is 0 Å². The molecule has 0 N–H and O–H groups in total. The van der Waals surface area contributed by atoms with E-state index in [0.29, 0.717) is 0 Å². The molecule has 65 heavy (non-hydrogen) atoms. The molecule has 0 aliphatic carbocycles. The van der Waals surface area contributed by atoms with E-state index in [4.69, 9.17) is 0 Å². The molecule has 0 unspecified atom stereocenters. The maximum absolute atomic E-state index is 14.4. The van der Waals surface area contributed by atoms with Crippen molar-refractivity contribution >= 4 is 77.2 Å².